The zero-order chi connectivity index (χ0) is 10.6. The van der Waals surface area contributed by atoms with E-state index in [2.05, 4.69) is 5.32 Å². The molecule has 3 nitrogen and oxygen atoms in total. The molecule has 1 unspecified atom stereocenters. The quantitative estimate of drug-likeness (QED) is 0.712. The molecule has 0 amide bonds. The molecule has 0 saturated carbocycles. The van der Waals surface area contributed by atoms with Crippen molar-refractivity contribution in [3.8, 4) is 0 Å². The number of aliphatic hydroxyl groups is 2. The van der Waals surface area contributed by atoms with Crippen molar-refractivity contribution in [2.24, 2.45) is 0 Å². The average Bonchev–Trinajstić information content (AvgIpc) is 2.16. The van der Waals surface area contributed by atoms with Crippen molar-refractivity contribution in [3.05, 3.63) is 28.8 Å². The Morgan fingerprint density at radius 1 is 1.50 bits per heavy atom. The van der Waals surface area contributed by atoms with E-state index in [0.717, 1.165) is 11.3 Å². The molecule has 1 rings (SSSR count). The normalized spacial score (nSPS) is 12.6. The molecule has 0 fully saturated rings. The van der Waals surface area contributed by atoms with Gasteiger partial charge in [-0.05, 0) is 30.7 Å². The molecule has 1 aromatic rings. The Bertz CT molecular complexity index is 304. The predicted molar refractivity (Wildman–Crippen MR) is 57.8 cm³/mol. The van der Waals surface area contributed by atoms with Crippen LogP contribution in [0.2, 0.25) is 5.02 Å². The number of rotatable bonds is 4. The molecule has 0 bridgehead atoms. The van der Waals surface area contributed by atoms with E-state index in [9.17, 15) is 0 Å². The third kappa shape index (κ3) is 3.18. The number of halogens is 1. The van der Waals surface area contributed by atoms with Crippen LogP contribution in [-0.2, 0) is 0 Å². The monoisotopic (exact) mass is 215 g/mol. The highest BCUT2D eigenvalue weighted by molar-refractivity contribution is 6.30. The topological polar surface area (TPSA) is 52.5 Å². The van der Waals surface area contributed by atoms with Crippen molar-refractivity contribution >= 4 is 17.3 Å². The summed E-state index contributed by atoms with van der Waals surface area (Å²) in [4.78, 5) is 0. The Morgan fingerprint density at radius 2 is 2.21 bits per heavy atom. The highest BCUT2D eigenvalue weighted by Crippen LogP contribution is 2.19. The standard InChI is InChI=1S/C10H14ClNO2/c1-7-4-8(11)2-3-10(7)12-5-9(14)6-13/h2-4,9,12-14H,5-6H2,1H3. The van der Waals surface area contributed by atoms with E-state index in [1.54, 1.807) is 6.07 Å². The Balaban J connectivity index is 2.59. The van der Waals surface area contributed by atoms with Crippen LogP contribution in [0.15, 0.2) is 18.2 Å². The molecule has 0 saturated heterocycles. The molecule has 0 aliphatic carbocycles. The number of aryl methyl sites for hydroxylation is 1. The van der Waals surface area contributed by atoms with Gasteiger partial charge in [0.05, 0.1) is 12.7 Å². The van der Waals surface area contributed by atoms with Crippen LogP contribution >= 0.6 is 11.6 Å². The Kier molecular flexibility index (Phi) is 4.20. The Labute approximate surface area is 88.3 Å². The highest BCUT2D eigenvalue weighted by atomic mass is 35.5. The van der Waals surface area contributed by atoms with Crippen LogP contribution in [0.3, 0.4) is 0 Å². The van der Waals surface area contributed by atoms with E-state index in [4.69, 9.17) is 21.8 Å². The van der Waals surface area contributed by atoms with Gasteiger partial charge in [0.1, 0.15) is 0 Å². The predicted octanol–water partition coefficient (Wildman–Crippen LogP) is 1.41. The fraction of sp³-hybridized carbons (Fsp3) is 0.400. The zero-order valence-corrected chi connectivity index (χ0v) is 8.75. The van der Waals surface area contributed by atoms with Crippen LogP contribution in [0, 0.1) is 6.92 Å². The first-order valence-electron chi connectivity index (χ1n) is 4.42. The van der Waals surface area contributed by atoms with Crippen molar-refractivity contribution in [2.75, 3.05) is 18.5 Å². The first-order valence-corrected chi connectivity index (χ1v) is 4.80. The maximum atomic E-state index is 9.13. The lowest BCUT2D eigenvalue weighted by atomic mass is 10.2. The van der Waals surface area contributed by atoms with E-state index in [1.807, 2.05) is 19.1 Å². The van der Waals surface area contributed by atoms with E-state index >= 15 is 0 Å². The second kappa shape index (κ2) is 5.20. The summed E-state index contributed by atoms with van der Waals surface area (Å²) in [6, 6.07) is 5.47. The lowest BCUT2D eigenvalue weighted by Gasteiger charge is -2.12. The second-order valence-electron chi connectivity index (χ2n) is 3.18. The molecular weight excluding hydrogens is 202 g/mol. The van der Waals surface area contributed by atoms with Gasteiger partial charge in [0.2, 0.25) is 0 Å². The number of aliphatic hydroxyl groups excluding tert-OH is 2. The van der Waals surface area contributed by atoms with Crippen LogP contribution < -0.4 is 5.32 Å². The molecule has 0 aliphatic rings. The van der Waals surface area contributed by atoms with Crippen molar-refractivity contribution in [1.29, 1.82) is 0 Å². The summed E-state index contributed by atoms with van der Waals surface area (Å²) in [5, 5.41) is 21.5. The summed E-state index contributed by atoms with van der Waals surface area (Å²) in [5.74, 6) is 0. The molecule has 0 heterocycles. The van der Waals surface area contributed by atoms with Crippen LogP contribution in [-0.4, -0.2) is 29.5 Å². The number of hydrogen-bond donors (Lipinski definition) is 3. The van der Waals surface area contributed by atoms with Crippen molar-refractivity contribution in [2.45, 2.75) is 13.0 Å². The van der Waals surface area contributed by atoms with E-state index in [-0.39, 0.29) is 6.61 Å². The lowest BCUT2D eigenvalue weighted by molar-refractivity contribution is 0.105. The molecule has 0 aromatic heterocycles. The van der Waals surface area contributed by atoms with Crippen molar-refractivity contribution < 1.29 is 10.2 Å². The van der Waals surface area contributed by atoms with Crippen LogP contribution in [0.5, 0.6) is 0 Å². The minimum absolute atomic E-state index is 0.236. The molecular formula is C10H14ClNO2. The summed E-state index contributed by atoms with van der Waals surface area (Å²) in [6.07, 6.45) is -0.731. The Hall–Kier alpha value is -0.770. The number of benzene rings is 1. The molecule has 78 valence electrons. The van der Waals surface area contributed by atoms with Gasteiger partial charge in [0, 0.05) is 17.3 Å². The Morgan fingerprint density at radius 3 is 2.79 bits per heavy atom. The van der Waals surface area contributed by atoms with Gasteiger partial charge in [-0.15, -0.1) is 0 Å². The molecule has 3 N–H and O–H groups in total. The van der Waals surface area contributed by atoms with Crippen LogP contribution in [0.1, 0.15) is 5.56 Å². The fourth-order valence-electron chi connectivity index (χ4n) is 1.12. The first kappa shape index (κ1) is 11.3. The molecule has 0 spiro atoms. The van der Waals surface area contributed by atoms with E-state index in [0.29, 0.717) is 11.6 Å². The molecule has 4 heteroatoms. The van der Waals surface area contributed by atoms with Gasteiger partial charge < -0.3 is 15.5 Å². The highest BCUT2D eigenvalue weighted by Gasteiger charge is 2.03. The largest absolute Gasteiger partial charge is 0.394 e. The summed E-state index contributed by atoms with van der Waals surface area (Å²) in [5.41, 5.74) is 1.93. The van der Waals surface area contributed by atoms with Crippen molar-refractivity contribution in [3.63, 3.8) is 0 Å². The van der Waals surface area contributed by atoms with Gasteiger partial charge in [0.25, 0.3) is 0 Å². The molecule has 1 aromatic carbocycles. The fourth-order valence-corrected chi connectivity index (χ4v) is 1.34. The average molecular weight is 216 g/mol. The second-order valence-corrected chi connectivity index (χ2v) is 3.61. The van der Waals surface area contributed by atoms with Gasteiger partial charge in [-0.2, -0.15) is 0 Å². The number of anilines is 1. The minimum atomic E-state index is -0.731. The maximum Gasteiger partial charge on any atom is 0.0942 e. The maximum absolute atomic E-state index is 9.13. The summed E-state index contributed by atoms with van der Waals surface area (Å²) >= 11 is 5.79. The van der Waals surface area contributed by atoms with Gasteiger partial charge in [0.15, 0.2) is 0 Å². The summed E-state index contributed by atoms with van der Waals surface area (Å²) in [6.45, 7) is 2.03. The molecule has 14 heavy (non-hydrogen) atoms. The summed E-state index contributed by atoms with van der Waals surface area (Å²) in [7, 11) is 0. The van der Waals surface area contributed by atoms with Crippen LogP contribution in [0.4, 0.5) is 5.69 Å². The molecule has 1 atom stereocenters. The SMILES string of the molecule is Cc1cc(Cl)ccc1NCC(O)CO. The number of hydrogen-bond acceptors (Lipinski definition) is 3. The summed E-state index contributed by atoms with van der Waals surface area (Å²) < 4.78 is 0. The minimum Gasteiger partial charge on any atom is -0.394 e. The van der Waals surface area contributed by atoms with E-state index in [1.165, 1.54) is 0 Å². The lowest BCUT2D eigenvalue weighted by Crippen LogP contribution is -2.23. The van der Waals surface area contributed by atoms with E-state index < -0.39 is 6.10 Å². The van der Waals surface area contributed by atoms with Crippen LogP contribution in [0.25, 0.3) is 0 Å². The van der Waals surface area contributed by atoms with Gasteiger partial charge in [-0.1, -0.05) is 11.6 Å². The third-order valence-electron chi connectivity index (χ3n) is 1.93. The number of nitrogens with one attached hydrogen (secondary N) is 1. The molecule has 0 aliphatic heterocycles. The smallest absolute Gasteiger partial charge is 0.0942 e. The van der Waals surface area contributed by atoms with Gasteiger partial charge in [-0.3, -0.25) is 0 Å². The first-order chi connectivity index (χ1) is 6.63. The third-order valence-corrected chi connectivity index (χ3v) is 2.16. The van der Waals surface area contributed by atoms with Crippen molar-refractivity contribution in [1.82, 2.24) is 0 Å². The zero-order valence-electron chi connectivity index (χ0n) is 8.00. The van der Waals surface area contributed by atoms with Gasteiger partial charge in [-0.25, -0.2) is 0 Å². The molecule has 0 radical (unpaired) electrons. The van der Waals surface area contributed by atoms with Gasteiger partial charge >= 0.3 is 0 Å².